The van der Waals surface area contributed by atoms with E-state index < -0.39 is 0 Å². The molecular formula is C58H34N4O. The molecule has 63 heavy (non-hydrogen) atoms. The minimum Gasteiger partial charge on any atom is -0.455 e. The van der Waals surface area contributed by atoms with Crippen molar-refractivity contribution in [1.29, 1.82) is 5.26 Å². The van der Waals surface area contributed by atoms with E-state index in [4.69, 9.17) is 19.4 Å². The van der Waals surface area contributed by atoms with E-state index in [1.165, 1.54) is 0 Å². The van der Waals surface area contributed by atoms with Crippen LogP contribution < -0.4 is 0 Å². The predicted octanol–water partition coefficient (Wildman–Crippen LogP) is 15.1. The van der Waals surface area contributed by atoms with Crippen LogP contribution in [-0.2, 0) is 0 Å². The molecule has 0 bridgehead atoms. The van der Waals surface area contributed by atoms with Crippen LogP contribution in [0.3, 0.4) is 0 Å². The van der Waals surface area contributed by atoms with E-state index in [1.54, 1.807) is 0 Å². The van der Waals surface area contributed by atoms with Gasteiger partial charge in [-0.1, -0.05) is 176 Å². The first-order valence-corrected chi connectivity index (χ1v) is 21.0. The van der Waals surface area contributed by atoms with Gasteiger partial charge in [-0.05, 0) is 90.6 Å². The molecule has 0 N–H and O–H groups in total. The third kappa shape index (κ3) is 6.12. The lowest BCUT2D eigenvalue weighted by Crippen LogP contribution is -2.00. The van der Waals surface area contributed by atoms with E-state index in [0.717, 1.165) is 104 Å². The van der Waals surface area contributed by atoms with Gasteiger partial charge >= 0.3 is 0 Å². The monoisotopic (exact) mass is 802 g/mol. The summed E-state index contributed by atoms with van der Waals surface area (Å²) in [7, 11) is 0. The standard InChI is InChI=1S/C58H34N4O/c59-35-42-18-7-8-21-43(42)39-26-28-48-49-29-27-40(34-52(49)55-54(51(48)33-39)50-24-11-12-25-53(50)63-55)45-31-30-44(46-22-9-10-23-47(45)46)38-19-13-20-41(32-38)58-61-56(36-14-3-1-4-15-36)60-57(62-58)37-16-5-2-6-17-37/h1-34H. The van der Waals surface area contributed by atoms with Gasteiger partial charge in [0.05, 0.1) is 11.6 Å². The second-order valence-electron chi connectivity index (χ2n) is 15.8. The third-order valence-electron chi connectivity index (χ3n) is 12.2. The number of hydrogen-bond acceptors (Lipinski definition) is 5. The Morgan fingerprint density at radius 2 is 0.825 bits per heavy atom. The molecule has 292 valence electrons. The first-order chi connectivity index (χ1) is 31.2. The lowest BCUT2D eigenvalue weighted by Gasteiger charge is -2.15. The van der Waals surface area contributed by atoms with Crippen molar-refractivity contribution >= 4 is 54.3 Å². The Morgan fingerprint density at radius 1 is 0.333 bits per heavy atom. The molecule has 5 heteroatoms. The number of fused-ring (bicyclic) bond motifs is 9. The van der Waals surface area contributed by atoms with Gasteiger partial charge in [-0.25, -0.2) is 15.0 Å². The summed E-state index contributed by atoms with van der Waals surface area (Å²) in [6.45, 7) is 0. The summed E-state index contributed by atoms with van der Waals surface area (Å²) in [5, 5.41) is 18.8. The molecule has 0 radical (unpaired) electrons. The molecule has 2 aromatic heterocycles. The van der Waals surface area contributed by atoms with Crippen molar-refractivity contribution in [3.63, 3.8) is 0 Å². The fraction of sp³-hybridized carbons (Fsp3) is 0. The lowest BCUT2D eigenvalue weighted by molar-refractivity contribution is 0.673. The summed E-state index contributed by atoms with van der Waals surface area (Å²) in [4.78, 5) is 14.9. The maximum atomic E-state index is 9.94. The van der Waals surface area contributed by atoms with Crippen LogP contribution in [-0.4, -0.2) is 15.0 Å². The summed E-state index contributed by atoms with van der Waals surface area (Å²) >= 11 is 0. The second kappa shape index (κ2) is 14.8. The van der Waals surface area contributed by atoms with Gasteiger partial charge in [-0.3, -0.25) is 0 Å². The molecule has 0 aliphatic heterocycles. The maximum absolute atomic E-state index is 9.94. The van der Waals surface area contributed by atoms with Gasteiger partial charge in [0.1, 0.15) is 11.2 Å². The van der Waals surface area contributed by atoms with E-state index in [1.807, 2.05) is 97.1 Å². The summed E-state index contributed by atoms with van der Waals surface area (Å²) in [5.41, 5.74) is 11.5. The zero-order valence-electron chi connectivity index (χ0n) is 33.8. The third-order valence-corrected chi connectivity index (χ3v) is 12.2. The smallest absolute Gasteiger partial charge is 0.164 e. The zero-order chi connectivity index (χ0) is 41.9. The molecule has 0 aliphatic rings. The van der Waals surface area contributed by atoms with Crippen LogP contribution in [0.25, 0.3) is 122 Å². The lowest BCUT2D eigenvalue weighted by atomic mass is 9.89. The van der Waals surface area contributed by atoms with Crippen molar-refractivity contribution in [2.75, 3.05) is 0 Å². The Morgan fingerprint density at radius 3 is 1.49 bits per heavy atom. The highest BCUT2D eigenvalue weighted by molar-refractivity contribution is 6.31. The van der Waals surface area contributed by atoms with E-state index in [0.29, 0.717) is 23.0 Å². The maximum Gasteiger partial charge on any atom is 0.164 e. The fourth-order valence-corrected chi connectivity index (χ4v) is 9.19. The van der Waals surface area contributed by atoms with Gasteiger partial charge in [0, 0.05) is 32.8 Å². The average Bonchev–Trinajstić information content (AvgIpc) is 3.76. The molecule has 12 aromatic rings. The zero-order valence-corrected chi connectivity index (χ0v) is 33.8. The number of rotatable bonds is 6. The van der Waals surface area contributed by atoms with Gasteiger partial charge < -0.3 is 4.42 Å². The molecule has 5 nitrogen and oxygen atoms in total. The van der Waals surface area contributed by atoms with Crippen LogP contribution in [0.15, 0.2) is 211 Å². The summed E-state index contributed by atoms with van der Waals surface area (Å²) < 4.78 is 6.77. The molecule has 0 saturated carbocycles. The number of nitriles is 1. The fourth-order valence-electron chi connectivity index (χ4n) is 9.19. The molecule has 0 spiro atoms. The second-order valence-corrected chi connectivity index (χ2v) is 15.8. The Kier molecular flexibility index (Phi) is 8.48. The summed E-state index contributed by atoms with van der Waals surface area (Å²) in [5.74, 6) is 1.89. The minimum atomic E-state index is 0.620. The average molecular weight is 803 g/mol. The molecule has 0 fully saturated rings. The van der Waals surface area contributed by atoms with Gasteiger partial charge in [-0.15, -0.1) is 0 Å². The van der Waals surface area contributed by atoms with Gasteiger partial charge in [-0.2, -0.15) is 5.26 Å². The molecule has 2 heterocycles. The topological polar surface area (TPSA) is 75.6 Å². The molecule has 0 unspecified atom stereocenters. The molecule has 0 amide bonds. The Bertz CT molecular complexity index is 3750. The van der Waals surface area contributed by atoms with Crippen LogP contribution in [0.5, 0.6) is 0 Å². The predicted molar refractivity (Wildman–Crippen MR) is 257 cm³/mol. The summed E-state index contributed by atoms with van der Waals surface area (Å²) in [6, 6.07) is 73.5. The first kappa shape index (κ1) is 36.2. The van der Waals surface area contributed by atoms with Crippen molar-refractivity contribution in [2.24, 2.45) is 0 Å². The highest BCUT2D eigenvalue weighted by Crippen LogP contribution is 2.45. The number of furan rings is 1. The SMILES string of the molecule is N#Cc1ccccc1-c1ccc2c3ccc(-c4ccc(-c5cccc(-c6nc(-c7ccccc7)nc(-c7ccccc7)n6)c5)c5ccccc45)cc3c3oc4ccccc4c3c2c1. The van der Waals surface area contributed by atoms with Crippen molar-refractivity contribution in [1.82, 2.24) is 15.0 Å². The highest BCUT2D eigenvalue weighted by atomic mass is 16.3. The van der Waals surface area contributed by atoms with Gasteiger partial charge in [0.15, 0.2) is 17.5 Å². The van der Waals surface area contributed by atoms with Crippen LogP contribution in [0.4, 0.5) is 0 Å². The van der Waals surface area contributed by atoms with Crippen molar-refractivity contribution < 1.29 is 4.42 Å². The molecule has 0 atom stereocenters. The van der Waals surface area contributed by atoms with Crippen LogP contribution in [0.2, 0.25) is 0 Å². The van der Waals surface area contributed by atoms with Crippen LogP contribution in [0, 0.1) is 11.3 Å². The highest BCUT2D eigenvalue weighted by Gasteiger charge is 2.19. The molecule has 0 aliphatic carbocycles. The van der Waals surface area contributed by atoms with Crippen molar-refractivity contribution in [3.05, 3.63) is 212 Å². The quantitative estimate of drug-likeness (QED) is 0.157. The first-order valence-electron chi connectivity index (χ1n) is 21.0. The number of aromatic nitrogens is 3. The Hall–Kier alpha value is -8.72. The van der Waals surface area contributed by atoms with Crippen molar-refractivity contribution in [2.45, 2.75) is 0 Å². The number of benzene rings is 10. The number of para-hydroxylation sites is 1. The van der Waals surface area contributed by atoms with Crippen LogP contribution >= 0.6 is 0 Å². The summed E-state index contributed by atoms with van der Waals surface area (Å²) in [6.07, 6.45) is 0. The largest absolute Gasteiger partial charge is 0.455 e. The Labute approximate surface area is 362 Å². The van der Waals surface area contributed by atoms with E-state index in [-0.39, 0.29) is 0 Å². The Balaban J connectivity index is 1.000. The van der Waals surface area contributed by atoms with Crippen LogP contribution in [0.1, 0.15) is 5.56 Å². The van der Waals surface area contributed by atoms with Gasteiger partial charge in [0.25, 0.3) is 0 Å². The number of hydrogen-bond donors (Lipinski definition) is 0. The van der Waals surface area contributed by atoms with Gasteiger partial charge in [0.2, 0.25) is 0 Å². The van der Waals surface area contributed by atoms with Crippen molar-refractivity contribution in [3.8, 4) is 73.6 Å². The van der Waals surface area contributed by atoms with E-state index in [2.05, 4.69) is 115 Å². The number of nitrogens with zero attached hydrogens (tertiary/aromatic N) is 4. The van der Waals surface area contributed by atoms with E-state index >= 15 is 0 Å². The normalized spacial score (nSPS) is 11.5. The molecule has 0 saturated heterocycles. The molecule has 10 aromatic carbocycles. The molecular weight excluding hydrogens is 769 g/mol. The minimum absolute atomic E-state index is 0.620. The molecule has 12 rings (SSSR count). The van der Waals surface area contributed by atoms with E-state index in [9.17, 15) is 5.26 Å².